The topological polar surface area (TPSA) is 41.6 Å². The Balaban J connectivity index is 1.58. The molecule has 0 unspecified atom stereocenters. The van der Waals surface area contributed by atoms with Crippen molar-refractivity contribution in [1.29, 1.82) is 0 Å². The third kappa shape index (κ3) is 4.14. The van der Waals surface area contributed by atoms with E-state index >= 15 is 0 Å². The molecule has 1 aromatic carbocycles. The highest BCUT2D eigenvalue weighted by Crippen LogP contribution is 2.24. The molecule has 0 aromatic heterocycles. The van der Waals surface area contributed by atoms with Crippen LogP contribution in [0.15, 0.2) is 36.4 Å². The van der Waals surface area contributed by atoms with Gasteiger partial charge >= 0.3 is 0 Å². The van der Waals surface area contributed by atoms with E-state index in [9.17, 15) is 4.79 Å². The van der Waals surface area contributed by atoms with Gasteiger partial charge in [-0.3, -0.25) is 4.79 Å². The summed E-state index contributed by atoms with van der Waals surface area (Å²) in [6.45, 7) is 2.01. The number of carbonyl (C=O) groups is 1. The van der Waals surface area contributed by atoms with Crippen LogP contribution in [0.5, 0.6) is 0 Å². The highest BCUT2D eigenvalue weighted by Gasteiger charge is 2.20. The lowest BCUT2D eigenvalue weighted by atomic mass is 9.93. The summed E-state index contributed by atoms with van der Waals surface area (Å²) in [6, 6.07) is 8.19. The zero-order chi connectivity index (χ0) is 16.1. The van der Waals surface area contributed by atoms with Gasteiger partial charge in [-0.25, -0.2) is 0 Å². The van der Waals surface area contributed by atoms with Crippen molar-refractivity contribution in [2.24, 2.45) is 5.92 Å². The van der Waals surface area contributed by atoms with Crippen LogP contribution in [0.1, 0.15) is 32.1 Å². The summed E-state index contributed by atoms with van der Waals surface area (Å²) < 4.78 is 5.48. The highest BCUT2D eigenvalue weighted by molar-refractivity contribution is 5.92. The second kappa shape index (κ2) is 7.64. The summed E-state index contributed by atoms with van der Waals surface area (Å²) in [5, 5.41) is 3.05. The lowest BCUT2D eigenvalue weighted by Crippen LogP contribution is -2.39. The molecule has 2 atom stereocenters. The fourth-order valence-corrected chi connectivity index (χ4v) is 3.40. The molecule has 1 fully saturated rings. The van der Waals surface area contributed by atoms with E-state index in [0.29, 0.717) is 6.10 Å². The minimum absolute atomic E-state index is 0.115. The Hall–Kier alpha value is -1.81. The van der Waals surface area contributed by atoms with Crippen LogP contribution >= 0.6 is 0 Å². The quantitative estimate of drug-likeness (QED) is 0.864. The fourth-order valence-electron chi connectivity index (χ4n) is 3.40. The molecule has 0 radical (unpaired) electrons. The maximum atomic E-state index is 12.3. The molecule has 1 aromatic rings. The lowest BCUT2D eigenvalue weighted by Gasteiger charge is -2.33. The van der Waals surface area contributed by atoms with E-state index in [0.717, 1.165) is 50.9 Å². The van der Waals surface area contributed by atoms with Crippen LogP contribution < -0.4 is 10.2 Å². The van der Waals surface area contributed by atoms with Crippen molar-refractivity contribution in [3.63, 3.8) is 0 Å². The van der Waals surface area contributed by atoms with E-state index in [2.05, 4.69) is 34.5 Å². The SMILES string of the molecule is CO[C@@H]1CCCN(c2ccc(NC(=O)[C@@H]3CC=CCC3)cc2)C1. The third-order valence-corrected chi connectivity index (χ3v) is 4.85. The van der Waals surface area contributed by atoms with E-state index in [1.54, 1.807) is 7.11 Å². The van der Waals surface area contributed by atoms with Crippen LogP contribution in [0.3, 0.4) is 0 Å². The number of carbonyl (C=O) groups excluding carboxylic acids is 1. The van der Waals surface area contributed by atoms with Crippen LogP contribution in [0.2, 0.25) is 0 Å². The van der Waals surface area contributed by atoms with Gasteiger partial charge in [0, 0.05) is 37.5 Å². The Morgan fingerprint density at radius 3 is 2.74 bits per heavy atom. The van der Waals surface area contributed by atoms with Crippen molar-refractivity contribution >= 4 is 17.3 Å². The third-order valence-electron chi connectivity index (χ3n) is 4.85. The van der Waals surface area contributed by atoms with Crippen molar-refractivity contribution in [2.75, 3.05) is 30.4 Å². The van der Waals surface area contributed by atoms with Gasteiger partial charge in [0.2, 0.25) is 5.91 Å². The highest BCUT2D eigenvalue weighted by atomic mass is 16.5. The number of benzene rings is 1. The largest absolute Gasteiger partial charge is 0.380 e. The molecule has 1 saturated heterocycles. The van der Waals surface area contributed by atoms with E-state index in [1.165, 1.54) is 5.69 Å². The molecule has 1 aliphatic heterocycles. The molecule has 0 saturated carbocycles. The molecule has 124 valence electrons. The molecule has 3 rings (SSSR count). The van der Waals surface area contributed by atoms with Crippen molar-refractivity contribution in [1.82, 2.24) is 0 Å². The van der Waals surface area contributed by atoms with Gasteiger partial charge in [0.15, 0.2) is 0 Å². The lowest BCUT2D eigenvalue weighted by molar-refractivity contribution is -0.120. The average molecular weight is 314 g/mol. The monoisotopic (exact) mass is 314 g/mol. The van der Waals surface area contributed by atoms with Gasteiger partial charge in [-0.15, -0.1) is 0 Å². The zero-order valence-corrected chi connectivity index (χ0v) is 13.8. The molecule has 1 heterocycles. The van der Waals surface area contributed by atoms with Gasteiger partial charge in [-0.05, 0) is 56.4 Å². The molecule has 1 N–H and O–H groups in total. The summed E-state index contributed by atoms with van der Waals surface area (Å²) in [7, 11) is 1.78. The summed E-state index contributed by atoms with van der Waals surface area (Å²) in [5.74, 6) is 0.253. The zero-order valence-electron chi connectivity index (χ0n) is 13.8. The van der Waals surface area contributed by atoms with Crippen LogP contribution in [0, 0.1) is 5.92 Å². The maximum absolute atomic E-state index is 12.3. The van der Waals surface area contributed by atoms with Crippen molar-refractivity contribution in [2.45, 2.75) is 38.2 Å². The summed E-state index contributed by atoms with van der Waals surface area (Å²) in [4.78, 5) is 14.6. The Morgan fingerprint density at radius 2 is 2.04 bits per heavy atom. The number of nitrogens with zero attached hydrogens (tertiary/aromatic N) is 1. The maximum Gasteiger partial charge on any atom is 0.227 e. The molecule has 23 heavy (non-hydrogen) atoms. The first-order valence-corrected chi connectivity index (χ1v) is 8.60. The second-order valence-electron chi connectivity index (χ2n) is 6.46. The summed E-state index contributed by atoms with van der Waals surface area (Å²) in [6.07, 6.45) is 9.70. The summed E-state index contributed by atoms with van der Waals surface area (Å²) in [5.41, 5.74) is 2.08. The van der Waals surface area contributed by atoms with Crippen molar-refractivity contribution < 1.29 is 9.53 Å². The number of methoxy groups -OCH3 is 1. The standard InChI is InChI=1S/C19H26N2O2/c1-23-18-8-5-13-21(14-18)17-11-9-16(10-12-17)20-19(22)15-6-3-2-4-7-15/h2-3,9-12,15,18H,4-8,13-14H2,1H3,(H,20,22)/t15-,18-/m1/s1. The normalized spacial score (nSPS) is 24.5. The molecule has 0 bridgehead atoms. The first-order valence-electron chi connectivity index (χ1n) is 8.60. The van der Waals surface area contributed by atoms with Crippen LogP contribution in [0.4, 0.5) is 11.4 Å². The van der Waals surface area contributed by atoms with E-state index in [-0.39, 0.29) is 11.8 Å². The van der Waals surface area contributed by atoms with E-state index in [1.807, 2.05) is 12.1 Å². The predicted octanol–water partition coefficient (Wildman–Crippen LogP) is 3.60. The Labute approximate surface area is 138 Å². The Morgan fingerprint density at radius 1 is 1.22 bits per heavy atom. The number of rotatable bonds is 4. The molecule has 2 aliphatic rings. The van der Waals surface area contributed by atoms with Gasteiger partial charge in [0.1, 0.15) is 0 Å². The fraction of sp³-hybridized carbons (Fsp3) is 0.526. The number of amides is 1. The van der Waals surface area contributed by atoms with Crippen LogP contribution in [0.25, 0.3) is 0 Å². The minimum atomic E-state index is 0.115. The number of anilines is 2. The predicted molar refractivity (Wildman–Crippen MR) is 93.8 cm³/mol. The van der Waals surface area contributed by atoms with Crippen molar-refractivity contribution in [3.8, 4) is 0 Å². The number of allylic oxidation sites excluding steroid dienone is 2. The number of hydrogen-bond donors (Lipinski definition) is 1. The van der Waals surface area contributed by atoms with Gasteiger partial charge in [0.05, 0.1) is 6.10 Å². The average Bonchev–Trinajstić information content (AvgIpc) is 2.63. The van der Waals surface area contributed by atoms with Crippen LogP contribution in [-0.4, -0.2) is 32.2 Å². The number of piperidine rings is 1. The van der Waals surface area contributed by atoms with Gasteiger partial charge in [-0.1, -0.05) is 12.2 Å². The molecule has 4 nitrogen and oxygen atoms in total. The Bertz CT molecular complexity index is 553. The number of ether oxygens (including phenoxy) is 1. The molecule has 0 spiro atoms. The van der Waals surface area contributed by atoms with E-state index in [4.69, 9.17) is 4.74 Å². The molecule has 4 heteroatoms. The van der Waals surface area contributed by atoms with E-state index < -0.39 is 0 Å². The molecule has 1 aliphatic carbocycles. The van der Waals surface area contributed by atoms with Gasteiger partial charge in [-0.2, -0.15) is 0 Å². The molecular weight excluding hydrogens is 288 g/mol. The second-order valence-corrected chi connectivity index (χ2v) is 6.46. The smallest absolute Gasteiger partial charge is 0.227 e. The van der Waals surface area contributed by atoms with Gasteiger partial charge < -0.3 is 15.0 Å². The van der Waals surface area contributed by atoms with Crippen LogP contribution in [-0.2, 0) is 9.53 Å². The minimum Gasteiger partial charge on any atom is -0.380 e. The Kier molecular flexibility index (Phi) is 5.34. The molecule has 1 amide bonds. The van der Waals surface area contributed by atoms with Gasteiger partial charge in [0.25, 0.3) is 0 Å². The van der Waals surface area contributed by atoms with Crippen molar-refractivity contribution in [3.05, 3.63) is 36.4 Å². The number of hydrogen-bond acceptors (Lipinski definition) is 3. The first-order chi connectivity index (χ1) is 11.3. The number of nitrogens with one attached hydrogen (secondary N) is 1. The summed E-state index contributed by atoms with van der Waals surface area (Å²) >= 11 is 0. The molecular formula is C19H26N2O2. The first kappa shape index (κ1) is 16.1.